The molecule has 0 saturated heterocycles. The van der Waals surface area contributed by atoms with Crippen LogP contribution < -0.4 is 5.32 Å². The number of amides is 1. The lowest BCUT2D eigenvalue weighted by molar-refractivity contribution is -0.119. The van der Waals surface area contributed by atoms with Crippen molar-refractivity contribution in [2.24, 2.45) is 0 Å². The Bertz CT molecular complexity index is 930. The number of ether oxygens (including phenoxy) is 1. The minimum Gasteiger partial charge on any atom is -0.385 e. The van der Waals surface area contributed by atoms with Gasteiger partial charge in [-0.3, -0.25) is 4.79 Å². The van der Waals surface area contributed by atoms with Crippen LogP contribution in [-0.4, -0.2) is 40.1 Å². The molecule has 0 saturated carbocycles. The number of nitrogens with one attached hydrogen (secondary N) is 1. The SMILES string of the molecule is COCCCn1c(SCC(=O)NC(C)c2cccs2)nnc1-c1ccccc1Cl. The van der Waals surface area contributed by atoms with Gasteiger partial charge in [0.05, 0.1) is 16.8 Å². The first-order valence-corrected chi connectivity index (χ1v) is 11.5. The second-order valence-corrected chi connectivity index (χ2v) is 8.71. The van der Waals surface area contributed by atoms with E-state index in [1.54, 1.807) is 18.4 Å². The first-order valence-electron chi connectivity index (χ1n) is 9.22. The van der Waals surface area contributed by atoms with Gasteiger partial charge in [-0.25, -0.2) is 0 Å². The Balaban J connectivity index is 1.71. The van der Waals surface area contributed by atoms with E-state index in [9.17, 15) is 4.79 Å². The molecule has 1 amide bonds. The fraction of sp³-hybridized carbons (Fsp3) is 0.350. The zero-order valence-corrected chi connectivity index (χ0v) is 18.7. The van der Waals surface area contributed by atoms with Crippen molar-refractivity contribution in [3.8, 4) is 11.4 Å². The fourth-order valence-electron chi connectivity index (χ4n) is 2.83. The van der Waals surface area contributed by atoms with Crippen molar-refractivity contribution in [3.63, 3.8) is 0 Å². The molecule has 0 bridgehead atoms. The number of rotatable bonds is 10. The number of thiophene rings is 1. The molecule has 3 aromatic rings. The Kier molecular flexibility index (Phi) is 8.11. The van der Waals surface area contributed by atoms with Crippen LogP contribution in [0.3, 0.4) is 0 Å². The molecule has 0 aliphatic carbocycles. The molecule has 9 heteroatoms. The molecule has 1 N–H and O–H groups in total. The summed E-state index contributed by atoms with van der Waals surface area (Å²) in [6.07, 6.45) is 0.807. The number of thioether (sulfide) groups is 1. The Hall–Kier alpha value is -1.87. The number of methoxy groups -OCH3 is 1. The monoisotopic (exact) mass is 450 g/mol. The molecule has 0 radical (unpaired) electrons. The summed E-state index contributed by atoms with van der Waals surface area (Å²) in [6.45, 7) is 3.29. The summed E-state index contributed by atoms with van der Waals surface area (Å²) in [7, 11) is 1.68. The molecule has 0 aliphatic rings. The van der Waals surface area contributed by atoms with E-state index in [0.717, 1.165) is 16.9 Å². The average molecular weight is 451 g/mol. The van der Waals surface area contributed by atoms with Crippen LogP contribution in [0.25, 0.3) is 11.4 Å². The number of halogens is 1. The summed E-state index contributed by atoms with van der Waals surface area (Å²) in [5, 5.41) is 15.0. The molecule has 154 valence electrons. The van der Waals surface area contributed by atoms with Crippen LogP contribution in [0.1, 0.15) is 24.3 Å². The summed E-state index contributed by atoms with van der Waals surface area (Å²) >= 11 is 9.36. The smallest absolute Gasteiger partial charge is 0.230 e. The number of hydrogen-bond acceptors (Lipinski definition) is 6. The highest BCUT2D eigenvalue weighted by molar-refractivity contribution is 7.99. The molecule has 3 rings (SSSR count). The predicted octanol–water partition coefficient (Wildman–Crippen LogP) is 4.67. The summed E-state index contributed by atoms with van der Waals surface area (Å²) in [6, 6.07) is 11.5. The van der Waals surface area contributed by atoms with Gasteiger partial charge in [0.15, 0.2) is 11.0 Å². The molecule has 0 spiro atoms. The third-order valence-corrected chi connectivity index (χ3v) is 6.59. The van der Waals surface area contributed by atoms with Crippen molar-refractivity contribution in [1.82, 2.24) is 20.1 Å². The number of nitrogens with zero attached hydrogens (tertiary/aromatic N) is 3. The van der Waals surface area contributed by atoms with Crippen molar-refractivity contribution in [2.75, 3.05) is 19.5 Å². The van der Waals surface area contributed by atoms with Gasteiger partial charge in [0, 0.05) is 30.7 Å². The molecular formula is C20H23ClN4O2S2. The minimum atomic E-state index is -0.0402. The minimum absolute atomic E-state index is 0.0126. The molecule has 1 aromatic carbocycles. The molecule has 6 nitrogen and oxygen atoms in total. The Morgan fingerprint density at radius 1 is 1.31 bits per heavy atom. The zero-order chi connectivity index (χ0) is 20.6. The zero-order valence-electron chi connectivity index (χ0n) is 16.3. The molecule has 0 fully saturated rings. The summed E-state index contributed by atoms with van der Waals surface area (Å²) in [5.41, 5.74) is 0.821. The number of benzene rings is 1. The van der Waals surface area contributed by atoms with E-state index in [4.69, 9.17) is 16.3 Å². The number of hydrogen-bond donors (Lipinski definition) is 1. The lowest BCUT2D eigenvalue weighted by Gasteiger charge is -2.13. The van der Waals surface area contributed by atoms with Gasteiger partial charge in [0.25, 0.3) is 0 Å². The standard InChI is InChI=1S/C20H23ClN4O2S2/c1-14(17-9-5-12-28-17)22-18(26)13-29-20-24-23-19(25(20)10-6-11-27-2)15-7-3-4-8-16(15)21/h3-5,7-9,12,14H,6,10-11,13H2,1-2H3,(H,22,26). The van der Waals surface area contributed by atoms with Gasteiger partial charge in [-0.15, -0.1) is 21.5 Å². The maximum atomic E-state index is 12.4. The van der Waals surface area contributed by atoms with Gasteiger partial charge < -0.3 is 14.6 Å². The van der Waals surface area contributed by atoms with E-state index in [-0.39, 0.29) is 17.7 Å². The Morgan fingerprint density at radius 3 is 2.86 bits per heavy atom. The highest BCUT2D eigenvalue weighted by atomic mass is 35.5. The topological polar surface area (TPSA) is 69.0 Å². The first kappa shape index (κ1) is 21.8. The predicted molar refractivity (Wildman–Crippen MR) is 119 cm³/mol. The lowest BCUT2D eigenvalue weighted by Crippen LogP contribution is -2.27. The third kappa shape index (κ3) is 5.82. The molecule has 1 atom stereocenters. The van der Waals surface area contributed by atoms with Crippen molar-refractivity contribution in [3.05, 3.63) is 51.7 Å². The van der Waals surface area contributed by atoms with Crippen LogP contribution in [-0.2, 0) is 16.1 Å². The van der Waals surface area contributed by atoms with Crippen LogP contribution in [0.2, 0.25) is 5.02 Å². The molecule has 2 aromatic heterocycles. The van der Waals surface area contributed by atoms with E-state index >= 15 is 0 Å². The molecule has 1 unspecified atom stereocenters. The number of carbonyl (C=O) groups excluding carboxylic acids is 1. The quantitative estimate of drug-likeness (QED) is 0.359. The lowest BCUT2D eigenvalue weighted by atomic mass is 10.2. The van der Waals surface area contributed by atoms with Crippen molar-refractivity contribution in [2.45, 2.75) is 31.1 Å². The van der Waals surface area contributed by atoms with Gasteiger partial charge in [0.2, 0.25) is 5.91 Å². The molecule has 2 heterocycles. The average Bonchev–Trinajstić information content (AvgIpc) is 3.37. The molecule has 29 heavy (non-hydrogen) atoms. The van der Waals surface area contributed by atoms with Crippen LogP contribution in [0.5, 0.6) is 0 Å². The van der Waals surface area contributed by atoms with Crippen LogP contribution in [0.15, 0.2) is 46.9 Å². The first-order chi connectivity index (χ1) is 14.1. The van der Waals surface area contributed by atoms with Crippen molar-refractivity contribution in [1.29, 1.82) is 0 Å². The van der Waals surface area contributed by atoms with Crippen LogP contribution >= 0.6 is 34.7 Å². The maximum absolute atomic E-state index is 12.4. The Morgan fingerprint density at radius 2 is 2.14 bits per heavy atom. The normalized spacial score (nSPS) is 12.1. The number of aromatic nitrogens is 3. The fourth-order valence-corrected chi connectivity index (χ4v) is 4.56. The summed E-state index contributed by atoms with van der Waals surface area (Å²) < 4.78 is 7.18. The van der Waals surface area contributed by atoms with E-state index < -0.39 is 0 Å². The van der Waals surface area contributed by atoms with Crippen LogP contribution in [0, 0.1) is 0 Å². The highest BCUT2D eigenvalue weighted by Gasteiger charge is 2.18. The summed E-state index contributed by atoms with van der Waals surface area (Å²) in [4.78, 5) is 13.5. The molecule has 0 aliphatic heterocycles. The van der Waals surface area contributed by atoms with Crippen molar-refractivity contribution >= 4 is 40.6 Å². The van der Waals surface area contributed by atoms with E-state index in [0.29, 0.717) is 29.2 Å². The van der Waals surface area contributed by atoms with Gasteiger partial charge in [-0.1, -0.05) is 41.6 Å². The summed E-state index contributed by atoms with van der Waals surface area (Å²) in [5.74, 6) is 0.920. The second kappa shape index (κ2) is 10.8. The second-order valence-electron chi connectivity index (χ2n) is 6.38. The van der Waals surface area contributed by atoms with Crippen molar-refractivity contribution < 1.29 is 9.53 Å². The molecular weight excluding hydrogens is 428 g/mol. The van der Waals surface area contributed by atoms with Gasteiger partial charge in [0.1, 0.15) is 0 Å². The van der Waals surface area contributed by atoms with Crippen LogP contribution in [0.4, 0.5) is 0 Å². The van der Waals surface area contributed by atoms with E-state index in [2.05, 4.69) is 15.5 Å². The van der Waals surface area contributed by atoms with Gasteiger partial charge in [-0.2, -0.15) is 0 Å². The largest absolute Gasteiger partial charge is 0.385 e. The van der Waals surface area contributed by atoms with Gasteiger partial charge in [-0.05, 0) is 36.9 Å². The van der Waals surface area contributed by atoms with Gasteiger partial charge >= 0.3 is 0 Å². The van der Waals surface area contributed by atoms with E-state index in [1.165, 1.54) is 11.8 Å². The number of carbonyl (C=O) groups is 1. The van der Waals surface area contributed by atoms with E-state index in [1.807, 2.05) is 53.3 Å². The maximum Gasteiger partial charge on any atom is 0.230 e. The third-order valence-electron chi connectivity index (χ3n) is 4.24. The highest BCUT2D eigenvalue weighted by Crippen LogP contribution is 2.29. The Labute approximate surface area is 183 Å².